The zero-order valence-electron chi connectivity index (χ0n) is 10.6. The molecule has 2 aliphatic carbocycles. The van der Waals surface area contributed by atoms with E-state index in [9.17, 15) is 14.4 Å². The van der Waals surface area contributed by atoms with Gasteiger partial charge in [0.25, 0.3) is 0 Å². The van der Waals surface area contributed by atoms with E-state index in [4.69, 9.17) is 5.11 Å². The van der Waals surface area contributed by atoms with Gasteiger partial charge in [-0.15, -0.1) is 0 Å². The molecule has 7 nitrogen and oxygen atoms in total. The maximum absolute atomic E-state index is 11.6. The fourth-order valence-electron chi connectivity index (χ4n) is 2.31. The fraction of sp³-hybridized carbons (Fsp3) is 0.750. The predicted molar refractivity (Wildman–Crippen MR) is 66.5 cm³/mol. The Morgan fingerprint density at radius 3 is 2.42 bits per heavy atom. The van der Waals surface area contributed by atoms with Gasteiger partial charge < -0.3 is 21.1 Å². The van der Waals surface area contributed by atoms with Crippen molar-refractivity contribution in [1.82, 2.24) is 16.0 Å². The number of carbonyl (C=O) groups is 3. The van der Waals surface area contributed by atoms with Gasteiger partial charge in [0.1, 0.15) is 0 Å². The highest BCUT2D eigenvalue weighted by Gasteiger charge is 2.33. The molecule has 0 spiro atoms. The van der Waals surface area contributed by atoms with Crippen molar-refractivity contribution < 1.29 is 19.5 Å². The van der Waals surface area contributed by atoms with Crippen LogP contribution in [-0.2, 0) is 9.59 Å². The van der Waals surface area contributed by atoms with Gasteiger partial charge in [-0.25, -0.2) is 4.79 Å². The van der Waals surface area contributed by atoms with E-state index in [0.29, 0.717) is 12.8 Å². The van der Waals surface area contributed by atoms with E-state index >= 15 is 0 Å². The highest BCUT2D eigenvalue weighted by molar-refractivity contribution is 5.84. The lowest BCUT2D eigenvalue weighted by atomic mass is 10.0. The lowest BCUT2D eigenvalue weighted by Gasteiger charge is -2.17. The van der Waals surface area contributed by atoms with Crippen molar-refractivity contribution in [2.24, 2.45) is 5.92 Å². The molecule has 2 unspecified atom stereocenters. The van der Waals surface area contributed by atoms with E-state index in [1.165, 1.54) is 0 Å². The summed E-state index contributed by atoms with van der Waals surface area (Å²) in [5.41, 5.74) is 0. The van der Waals surface area contributed by atoms with Crippen molar-refractivity contribution >= 4 is 17.9 Å². The summed E-state index contributed by atoms with van der Waals surface area (Å²) in [4.78, 5) is 33.9. The fourth-order valence-corrected chi connectivity index (χ4v) is 2.31. The van der Waals surface area contributed by atoms with Gasteiger partial charge in [0, 0.05) is 12.1 Å². The summed E-state index contributed by atoms with van der Waals surface area (Å²) in [7, 11) is 0. The first-order valence-electron chi connectivity index (χ1n) is 6.63. The first-order valence-corrected chi connectivity index (χ1v) is 6.63. The van der Waals surface area contributed by atoms with Crippen molar-refractivity contribution in [1.29, 1.82) is 0 Å². The lowest BCUT2D eigenvalue weighted by Crippen LogP contribution is -2.48. The average Bonchev–Trinajstić information content (AvgIpc) is 3.02. The molecule has 0 saturated heterocycles. The number of urea groups is 1. The second kappa shape index (κ2) is 5.90. The molecule has 0 heterocycles. The van der Waals surface area contributed by atoms with Gasteiger partial charge in [-0.05, 0) is 25.7 Å². The maximum atomic E-state index is 11.6. The minimum atomic E-state index is -0.880. The van der Waals surface area contributed by atoms with E-state index in [-0.39, 0.29) is 24.5 Å². The van der Waals surface area contributed by atoms with E-state index in [2.05, 4.69) is 16.0 Å². The number of hydrogen-bond donors (Lipinski definition) is 4. The molecule has 0 aliphatic heterocycles. The quantitative estimate of drug-likeness (QED) is 0.555. The minimum Gasteiger partial charge on any atom is -0.481 e. The van der Waals surface area contributed by atoms with Gasteiger partial charge in [-0.2, -0.15) is 0 Å². The molecule has 106 valence electrons. The molecule has 0 radical (unpaired) electrons. The van der Waals surface area contributed by atoms with Gasteiger partial charge in [0.05, 0.1) is 12.5 Å². The lowest BCUT2D eigenvalue weighted by molar-refractivity contribution is -0.142. The average molecular weight is 269 g/mol. The van der Waals surface area contributed by atoms with Crippen molar-refractivity contribution in [3.05, 3.63) is 0 Å². The first-order chi connectivity index (χ1) is 9.06. The smallest absolute Gasteiger partial charge is 0.315 e. The van der Waals surface area contributed by atoms with Crippen LogP contribution in [-0.4, -0.2) is 41.6 Å². The summed E-state index contributed by atoms with van der Waals surface area (Å²) in [6.07, 6.45) is 4.05. The normalized spacial score (nSPS) is 25.7. The highest BCUT2D eigenvalue weighted by atomic mass is 16.4. The van der Waals surface area contributed by atoms with Crippen LogP contribution in [0.3, 0.4) is 0 Å². The summed E-state index contributed by atoms with van der Waals surface area (Å²) in [6.45, 7) is -0.0766. The molecule has 0 aromatic rings. The van der Waals surface area contributed by atoms with Crippen molar-refractivity contribution in [2.45, 2.75) is 44.2 Å². The van der Waals surface area contributed by atoms with Gasteiger partial charge >= 0.3 is 12.0 Å². The number of carboxylic acid groups (broad SMARTS) is 1. The van der Waals surface area contributed by atoms with Crippen LogP contribution in [0, 0.1) is 5.92 Å². The van der Waals surface area contributed by atoms with Gasteiger partial charge in [-0.3, -0.25) is 9.59 Å². The van der Waals surface area contributed by atoms with Crippen LogP contribution in [0.1, 0.15) is 32.1 Å². The van der Waals surface area contributed by atoms with Crippen LogP contribution in [0.2, 0.25) is 0 Å². The Balaban J connectivity index is 1.68. The van der Waals surface area contributed by atoms with E-state index in [1.54, 1.807) is 0 Å². The van der Waals surface area contributed by atoms with Crippen LogP contribution >= 0.6 is 0 Å². The number of carboxylic acids is 1. The minimum absolute atomic E-state index is 0.0766. The molecule has 19 heavy (non-hydrogen) atoms. The number of rotatable bonds is 5. The molecule has 2 atom stereocenters. The zero-order valence-corrected chi connectivity index (χ0v) is 10.6. The van der Waals surface area contributed by atoms with Crippen molar-refractivity contribution in [3.8, 4) is 0 Å². The Labute approximate surface area is 111 Å². The monoisotopic (exact) mass is 269 g/mol. The Kier molecular flexibility index (Phi) is 4.24. The molecule has 2 rings (SSSR count). The maximum Gasteiger partial charge on any atom is 0.315 e. The van der Waals surface area contributed by atoms with Crippen LogP contribution in [0.15, 0.2) is 0 Å². The number of carbonyl (C=O) groups excluding carboxylic acids is 2. The molecule has 0 aromatic heterocycles. The molecule has 2 fully saturated rings. The largest absolute Gasteiger partial charge is 0.481 e. The Morgan fingerprint density at radius 1 is 1.05 bits per heavy atom. The number of aliphatic carboxylic acids is 1. The second-order valence-corrected chi connectivity index (χ2v) is 5.15. The zero-order chi connectivity index (χ0) is 13.8. The molecule has 2 saturated carbocycles. The van der Waals surface area contributed by atoms with Crippen LogP contribution in [0.5, 0.6) is 0 Å². The van der Waals surface area contributed by atoms with E-state index in [1.807, 2.05) is 0 Å². The summed E-state index contributed by atoms with van der Waals surface area (Å²) in [6, 6.07) is -0.559. The van der Waals surface area contributed by atoms with Crippen LogP contribution in [0.4, 0.5) is 4.79 Å². The summed E-state index contributed by atoms with van der Waals surface area (Å²) in [5, 5.41) is 16.8. The predicted octanol–water partition coefficient (Wildman–Crippen LogP) is -0.182. The topological polar surface area (TPSA) is 108 Å². The summed E-state index contributed by atoms with van der Waals surface area (Å²) in [5.74, 6) is -1.61. The van der Waals surface area contributed by atoms with Crippen LogP contribution in [0.25, 0.3) is 0 Å². The molecular weight excluding hydrogens is 250 g/mol. The van der Waals surface area contributed by atoms with Gasteiger partial charge in [-0.1, -0.05) is 6.42 Å². The Bertz CT molecular complexity index is 381. The molecule has 7 heteroatoms. The SMILES string of the molecule is O=C(CNC(=O)NC1CCCC1C(=O)O)NC1CC1. The third kappa shape index (κ3) is 4.11. The summed E-state index contributed by atoms with van der Waals surface area (Å²) >= 11 is 0. The van der Waals surface area contributed by atoms with Gasteiger partial charge in [0.15, 0.2) is 0 Å². The van der Waals surface area contributed by atoms with E-state index < -0.39 is 17.9 Å². The highest BCUT2D eigenvalue weighted by Crippen LogP contribution is 2.25. The Hall–Kier alpha value is -1.79. The number of nitrogens with one attached hydrogen (secondary N) is 3. The summed E-state index contributed by atoms with van der Waals surface area (Å²) < 4.78 is 0. The van der Waals surface area contributed by atoms with E-state index in [0.717, 1.165) is 19.3 Å². The molecule has 0 bridgehead atoms. The third-order valence-electron chi connectivity index (χ3n) is 3.50. The molecule has 4 N–H and O–H groups in total. The number of amides is 3. The van der Waals surface area contributed by atoms with Crippen molar-refractivity contribution in [3.63, 3.8) is 0 Å². The van der Waals surface area contributed by atoms with Gasteiger partial charge in [0.2, 0.25) is 5.91 Å². The molecule has 3 amide bonds. The molecule has 2 aliphatic rings. The van der Waals surface area contributed by atoms with Crippen molar-refractivity contribution in [2.75, 3.05) is 6.54 Å². The Morgan fingerprint density at radius 2 is 1.79 bits per heavy atom. The number of hydrogen-bond acceptors (Lipinski definition) is 3. The third-order valence-corrected chi connectivity index (χ3v) is 3.50. The molecular formula is C12H19N3O4. The second-order valence-electron chi connectivity index (χ2n) is 5.15. The standard InChI is InChI=1S/C12H19N3O4/c16-10(14-7-4-5-7)6-13-12(19)15-9-3-1-2-8(9)11(17)18/h7-9H,1-6H2,(H,14,16)(H,17,18)(H2,13,15,19). The first kappa shape index (κ1) is 13.6. The van der Waals surface area contributed by atoms with Crippen LogP contribution < -0.4 is 16.0 Å². The molecule has 0 aromatic carbocycles.